The Kier molecular flexibility index (Phi) is 13.0. The lowest BCUT2D eigenvalue weighted by molar-refractivity contribution is 0.0951. The van der Waals surface area contributed by atoms with Crippen LogP contribution in [0.1, 0.15) is 55.8 Å². The van der Waals surface area contributed by atoms with Crippen LogP contribution in [0.5, 0.6) is 11.5 Å². The van der Waals surface area contributed by atoms with E-state index in [1.807, 2.05) is 79.7 Å². The molecule has 4 aromatic rings. The smallest absolute Gasteiger partial charge is 0.256 e. The minimum absolute atomic E-state index is 0.283. The molecule has 0 fully saturated rings. The highest BCUT2D eigenvalue weighted by Crippen LogP contribution is 2.39. The number of amides is 1. The number of unbranched alkanes of at least 4 members (excludes halogenated alkanes) is 5. The third-order valence-electron chi connectivity index (χ3n) is 7.17. The van der Waals surface area contributed by atoms with E-state index < -0.39 is 0 Å². The summed E-state index contributed by atoms with van der Waals surface area (Å²) in [5, 5.41) is 9.40. The molecule has 10 nitrogen and oxygen atoms in total. The summed E-state index contributed by atoms with van der Waals surface area (Å²) in [5.41, 5.74) is 2.79. The predicted octanol–water partition coefficient (Wildman–Crippen LogP) is 7.07. The lowest BCUT2D eigenvalue weighted by Crippen LogP contribution is -2.32. The molecule has 1 amide bonds. The van der Waals surface area contributed by atoms with Crippen molar-refractivity contribution < 1.29 is 14.3 Å². The number of likely N-dealkylation sites (N-methyl/N-ethyl adjacent to an activating group) is 1. The normalized spacial score (nSPS) is 10.9. The zero-order valence-electron chi connectivity index (χ0n) is 26.8. The van der Waals surface area contributed by atoms with E-state index in [-0.39, 0.29) is 5.91 Å². The van der Waals surface area contributed by atoms with Crippen LogP contribution in [0.15, 0.2) is 73.1 Å². The molecule has 4 rings (SSSR count). The van der Waals surface area contributed by atoms with E-state index in [1.165, 1.54) is 38.3 Å². The number of pyridine rings is 1. The van der Waals surface area contributed by atoms with Crippen LogP contribution in [0.25, 0.3) is 11.1 Å². The van der Waals surface area contributed by atoms with Crippen molar-refractivity contribution in [2.24, 2.45) is 0 Å². The van der Waals surface area contributed by atoms with Crippen molar-refractivity contribution in [1.29, 1.82) is 0 Å². The summed E-state index contributed by atoms with van der Waals surface area (Å²) in [6, 6.07) is 19.4. The number of para-hydroxylation sites is 1. The summed E-state index contributed by atoms with van der Waals surface area (Å²) in [6.45, 7) is 4.10. The van der Waals surface area contributed by atoms with E-state index in [2.05, 4.69) is 37.8 Å². The van der Waals surface area contributed by atoms with Crippen molar-refractivity contribution in [3.63, 3.8) is 0 Å². The van der Waals surface area contributed by atoms with Gasteiger partial charge in [-0.1, -0.05) is 69.4 Å². The van der Waals surface area contributed by atoms with Crippen molar-refractivity contribution in [3.8, 4) is 22.6 Å². The second kappa shape index (κ2) is 17.6. The molecule has 0 radical (unpaired) electrons. The first-order chi connectivity index (χ1) is 22.0. The Morgan fingerprint density at radius 1 is 0.911 bits per heavy atom. The highest BCUT2D eigenvalue weighted by atomic mass is 16.5. The molecule has 0 atom stereocenters. The lowest BCUT2D eigenvalue weighted by Gasteiger charge is -2.18. The Labute approximate surface area is 266 Å². The SMILES string of the molecule is CCCCCCCCOc1cccc(-c2cccc(Nc3nc(Nc4ccccn4)ncc3C(=O)NCCN(C)C)c2OC)c1. The zero-order valence-corrected chi connectivity index (χ0v) is 26.8. The van der Waals surface area contributed by atoms with E-state index in [0.717, 1.165) is 23.3 Å². The minimum atomic E-state index is -0.283. The molecule has 0 aliphatic carbocycles. The molecule has 2 heterocycles. The fraction of sp³-hybridized carbons (Fsp3) is 0.371. The van der Waals surface area contributed by atoms with Gasteiger partial charge in [0, 0.05) is 31.0 Å². The number of methoxy groups -OCH3 is 1. The number of ether oxygens (including phenoxy) is 2. The number of aromatic nitrogens is 3. The Bertz CT molecular complexity index is 1500. The van der Waals surface area contributed by atoms with Gasteiger partial charge in [0.1, 0.15) is 28.7 Å². The van der Waals surface area contributed by atoms with Crippen LogP contribution in [0, 0.1) is 0 Å². The molecule has 2 aromatic carbocycles. The Hall–Kier alpha value is -4.70. The van der Waals surface area contributed by atoms with Gasteiger partial charge >= 0.3 is 0 Å². The molecule has 0 unspecified atom stereocenters. The molecule has 0 aliphatic heterocycles. The molecule has 3 N–H and O–H groups in total. The van der Waals surface area contributed by atoms with Crippen molar-refractivity contribution in [2.75, 3.05) is 51.5 Å². The maximum absolute atomic E-state index is 13.2. The molecule has 238 valence electrons. The highest BCUT2D eigenvalue weighted by Gasteiger charge is 2.19. The maximum Gasteiger partial charge on any atom is 0.256 e. The molecular formula is C35H45N7O3. The van der Waals surface area contributed by atoms with E-state index in [0.29, 0.717) is 54.3 Å². The summed E-state index contributed by atoms with van der Waals surface area (Å²) >= 11 is 0. The van der Waals surface area contributed by atoms with Gasteiger partial charge in [0.15, 0.2) is 0 Å². The number of hydrogen-bond acceptors (Lipinski definition) is 9. The second-order valence-corrected chi connectivity index (χ2v) is 11.0. The number of hydrogen-bond donors (Lipinski definition) is 3. The number of carbonyl (C=O) groups is 1. The highest BCUT2D eigenvalue weighted by molar-refractivity contribution is 5.99. The monoisotopic (exact) mass is 611 g/mol. The first-order valence-corrected chi connectivity index (χ1v) is 15.6. The summed E-state index contributed by atoms with van der Waals surface area (Å²) in [6.07, 6.45) is 10.5. The Balaban J connectivity index is 1.57. The number of nitrogens with zero attached hydrogens (tertiary/aromatic N) is 4. The molecular weight excluding hydrogens is 566 g/mol. The van der Waals surface area contributed by atoms with Crippen LogP contribution >= 0.6 is 0 Å². The van der Waals surface area contributed by atoms with Gasteiger partial charge in [0.2, 0.25) is 5.95 Å². The summed E-state index contributed by atoms with van der Waals surface area (Å²) in [5.74, 6) is 2.36. The summed E-state index contributed by atoms with van der Waals surface area (Å²) in [7, 11) is 5.54. The third kappa shape index (κ3) is 10.2. The van der Waals surface area contributed by atoms with Gasteiger partial charge in [-0.15, -0.1) is 0 Å². The maximum atomic E-state index is 13.2. The van der Waals surface area contributed by atoms with Crippen LogP contribution < -0.4 is 25.4 Å². The van der Waals surface area contributed by atoms with E-state index in [9.17, 15) is 4.79 Å². The van der Waals surface area contributed by atoms with Crippen LogP contribution in [-0.4, -0.2) is 66.7 Å². The fourth-order valence-corrected chi connectivity index (χ4v) is 4.78. The lowest BCUT2D eigenvalue weighted by atomic mass is 10.0. The van der Waals surface area contributed by atoms with Gasteiger partial charge < -0.3 is 30.3 Å². The molecule has 0 spiro atoms. The molecule has 10 heteroatoms. The van der Waals surface area contributed by atoms with Gasteiger partial charge in [0.05, 0.1) is 19.4 Å². The van der Waals surface area contributed by atoms with Gasteiger partial charge in [-0.2, -0.15) is 4.98 Å². The largest absolute Gasteiger partial charge is 0.494 e. The number of anilines is 4. The number of carbonyl (C=O) groups excluding carboxylic acids is 1. The zero-order chi connectivity index (χ0) is 31.9. The van der Waals surface area contributed by atoms with Gasteiger partial charge in [-0.3, -0.25) is 4.79 Å². The van der Waals surface area contributed by atoms with Gasteiger partial charge in [0.25, 0.3) is 5.91 Å². The molecule has 0 bridgehead atoms. The standard InChI is InChI=1S/C35H45N7O3/c1-5-6-7-8-9-12-23-45-27-16-13-15-26(24-27)28-17-14-18-30(32(28)44-4)39-33-29(34(43)37-21-22-42(2)3)25-38-35(41-33)40-31-19-10-11-20-36-31/h10-11,13-20,24-25H,5-9,12,21-23H2,1-4H3,(H,37,43)(H2,36,38,39,40,41). The topological polar surface area (TPSA) is 114 Å². The second-order valence-electron chi connectivity index (χ2n) is 11.0. The number of benzene rings is 2. The Morgan fingerprint density at radius 3 is 2.51 bits per heavy atom. The Morgan fingerprint density at radius 2 is 1.73 bits per heavy atom. The van der Waals surface area contributed by atoms with Crippen LogP contribution in [0.3, 0.4) is 0 Å². The quantitative estimate of drug-likeness (QED) is 0.102. The molecule has 2 aromatic heterocycles. The van der Waals surface area contributed by atoms with E-state index >= 15 is 0 Å². The van der Waals surface area contributed by atoms with Crippen molar-refractivity contribution in [1.82, 2.24) is 25.2 Å². The van der Waals surface area contributed by atoms with Crippen LogP contribution in [0.2, 0.25) is 0 Å². The van der Waals surface area contributed by atoms with Crippen LogP contribution in [-0.2, 0) is 0 Å². The first-order valence-electron chi connectivity index (χ1n) is 15.6. The van der Waals surface area contributed by atoms with Crippen LogP contribution in [0.4, 0.5) is 23.3 Å². The van der Waals surface area contributed by atoms with E-state index in [4.69, 9.17) is 9.47 Å². The molecule has 0 aliphatic rings. The summed E-state index contributed by atoms with van der Waals surface area (Å²) < 4.78 is 12.0. The number of nitrogens with one attached hydrogen (secondary N) is 3. The van der Waals surface area contributed by atoms with Crippen molar-refractivity contribution in [3.05, 3.63) is 78.6 Å². The van der Waals surface area contributed by atoms with Crippen molar-refractivity contribution in [2.45, 2.75) is 45.4 Å². The molecule has 0 saturated heterocycles. The van der Waals surface area contributed by atoms with Gasteiger partial charge in [-0.25, -0.2) is 9.97 Å². The minimum Gasteiger partial charge on any atom is -0.494 e. The molecule has 45 heavy (non-hydrogen) atoms. The first kappa shape index (κ1) is 33.2. The average Bonchev–Trinajstić information content (AvgIpc) is 3.05. The average molecular weight is 612 g/mol. The molecule has 0 saturated carbocycles. The number of rotatable bonds is 18. The van der Waals surface area contributed by atoms with Gasteiger partial charge in [-0.05, 0) is 56.4 Å². The fourth-order valence-electron chi connectivity index (χ4n) is 4.78. The summed E-state index contributed by atoms with van der Waals surface area (Å²) in [4.78, 5) is 28.6. The predicted molar refractivity (Wildman–Crippen MR) is 181 cm³/mol. The van der Waals surface area contributed by atoms with E-state index in [1.54, 1.807) is 13.3 Å². The van der Waals surface area contributed by atoms with Crippen molar-refractivity contribution >= 4 is 29.2 Å². The third-order valence-corrected chi connectivity index (χ3v) is 7.17.